The van der Waals surface area contributed by atoms with Crippen molar-refractivity contribution in [1.29, 1.82) is 0 Å². The molecule has 0 aromatic carbocycles. The van der Waals surface area contributed by atoms with Crippen LogP contribution in [0.15, 0.2) is 12.2 Å². The first-order chi connectivity index (χ1) is 6.76. The van der Waals surface area contributed by atoms with Gasteiger partial charge in [0, 0.05) is 25.6 Å². The summed E-state index contributed by atoms with van der Waals surface area (Å²) >= 11 is 5.71. The number of likely N-dealkylation sites (N-methyl/N-ethyl adjacent to an activating group) is 1. The molecule has 0 bridgehead atoms. The van der Waals surface area contributed by atoms with E-state index < -0.39 is 0 Å². The number of hydrogen-bond acceptors (Lipinski definition) is 2. The summed E-state index contributed by atoms with van der Waals surface area (Å²) in [5.74, 6) is 0.558. The Bertz CT molecular complexity index is 178. The Morgan fingerprint density at radius 3 is 2.93 bits per heavy atom. The van der Waals surface area contributed by atoms with E-state index in [0.29, 0.717) is 12.0 Å². The molecule has 0 radical (unpaired) electrons. The highest BCUT2D eigenvalue weighted by Crippen LogP contribution is 2.13. The van der Waals surface area contributed by atoms with E-state index in [1.807, 2.05) is 0 Å². The Morgan fingerprint density at radius 1 is 1.64 bits per heavy atom. The second kappa shape index (κ2) is 6.44. The van der Waals surface area contributed by atoms with Gasteiger partial charge < -0.3 is 4.74 Å². The van der Waals surface area contributed by atoms with Crippen LogP contribution in [-0.2, 0) is 4.74 Å². The molecule has 0 aliphatic carbocycles. The standard InChI is InChI=1S/C11H20ClNO/c1-3-13(8-10(2)7-12)9-11-5-4-6-14-11/h11H,2-9H2,1H3. The Morgan fingerprint density at radius 2 is 2.43 bits per heavy atom. The van der Waals surface area contributed by atoms with Crippen LogP contribution in [0.25, 0.3) is 0 Å². The lowest BCUT2D eigenvalue weighted by molar-refractivity contribution is 0.0778. The molecule has 0 aromatic rings. The van der Waals surface area contributed by atoms with Gasteiger partial charge in [0.1, 0.15) is 0 Å². The molecule has 1 saturated heterocycles. The van der Waals surface area contributed by atoms with Crippen LogP contribution in [0.3, 0.4) is 0 Å². The van der Waals surface area contributed by atoms with Gasteiger partial charge in [0.05, 0.1) is 6.10 Å². The quantitative estimate of drug-likeness (QED) is 0.500. The van der Waals surface area contributed by atoms with Gasteiger partial charge in [0.2, 0.25) is 0 Å². The molecule has 0 N–H and O–H groups in total. The smallest absolute Gasteiger partial charge is 0.0702 e. The number of ether oxygens (including phenoxy) is 1. The third kappa shape index (κ3) is 3.99. The molecule has 1 unspecified atom stereocenters. The van der Waals surface area contributed by atoms with Crippen molar-refractivity contribution in [1.82, 2.24) is 4.90 Å². The van der Waals surface area contributed by atoms with Gasteiger partial charge in [-0.05, 0) is 25.0 Å². The average Bonchev–Trinajstić information content (AvgIpc) is 2.69. The highest BCUT2D eigenvalue weighted by atomic mass is 35.5. The van der Waals surface area contributed by atoms with Crippen LogP contribution in [0.5, 0.6) is 0 Å². The van der Waals surface area contributed by atoms with Crippen molar-refractivity contribution in [2.75, 3.05) is 32.1 Å². The number of nitrogens with zero attached hydrogens (tertiary/aromatic N) is 1. The number of rotatable bonds is 6. The fraction of sp³-hybridized carbons (Fsp3) is 0.818. The highest BCUT2D eigenvalue weighted by molar-refractivity contribution is 6.19. The first-order valence-corrected chi connectivity index (χ1v) is 5.86. The summed E-state index contributed by atoms with van der Waals surface area (Å²) in [7, 11) is 0. The molecule has 0 spiro atoms. The van der Waals surface area contributed by atoms with E-state index in [9.17, 15) is 0 Å². The molecule has 1 fully saturated rings. The Balaban J connectivity index is 2.26. The lowest BCUT2D eigenvalue weighted by Gasteiger charge is -2.23. The minimum Gasteiger partial charge on any atom is -0.377 e. The maximum atomic E-state index is 5.71. The van der Waals surface area contributed by atoms with E-state index in [0.717, 1.165) is 31.8 Å². The van der Waals surface area contributed by atoms with Crippen LogP contribution >= 0.6 is 11.6 Å². The molecule has 3 heteroatoms. The fourth-order valence-corrected chi connectivity index (χ4v) is 1.82. The molecule has 2 nitrogen and oxygen atoms in total. The Kier molecular flexibility index (Phi) is 5.53. The molecule has 1 rings (SSSR count). The molecular weight excluding hydrogens is 198 g/mol. The maximum Gasteiger partial charge on any atom is 0.0702 e. The summed E-state index contributed by atoms with van der Waals surface area (Å²) in [6.07, 6.45) is 2.83. The van der Waals surface area contributed by atoms with Crippen molar-refractivity contribution in [3.05, 3.63) is 12.2 Å². The second-order valence-electron chi connectivity index (χ2n) is 3.85. The number of halogens is 1. The van der Waals surface area contributed by atoms with Crippen molar-refractivity contribution >= 4 is 11.6 Å². The molecule has 1 atom stereocenters. The van der Waals surface area contributed by atoms with Crippen molar-refractivity contribution in [3.63, 3.8) is 0 Å². The summed E-state index contributed by atoms with van der Waals surface area (Å²) in [6.45, 7) is 9.97. The van der Waals surface area contributed by atoms with E-state index >= 15 is 0 Å². The van der Waals surface area contributed by atoms with Crippen LogP contribution in [-0.4, -0.2) is 43.1 Å². The predicted octanol–water partition coefficient (Wildman–Crippen LogP) is 2.28. The first-order valence-electron chi connectivity index (χ1n) is 5.32. The van der Waals surface area contributed by atoms with Crippen LogP contribution in [0.1, 0.15) is 19.8 Å². The van der Waals surface area contributed by atoms with Crippen LogP contribution < -0.4 is 0 Å². The van der Waals surface area contributed by atoms with Gasteiger partial charge in [0.15, 0.2) is 0 Å². The molecule has 0 aromatic heterocycles. The minimum atomic E-state index is 0.429. The van der Waals surface area contributed by atoms with Gasteiger partial charge in [-0.3, -0.25) is 4.90 Å². The molecule has 0 amide bonds. The summed E-state index contributed by atoms with van der Waals surface area (Å²) in [4.78, 5) is 2.35. The summed E-state index contributed by atoms with van der Waals surface area (Å²) in [5, 5.41) is 0. The predicted molar refractivity (Wildman–Crippen MR) is 60.9 cm³/mol. The normalized spacial score (nSPS) is 21.8. The number of alkyl halides is 1. The largest absolute Gasteiger partial charge is 0.377 e. The minimum absolute atomic E-state index is 0.429. The summed E-state index contributed by atoms with van der Waals surface area (Å²) in [5.41, 5.74) is 1.09. The second-order valence-corrected chi connectivity index (χ2v) is 4.11. The van der Waals surface area contributed by atoms with Crippen molar-refractivity contribution in [2.24, 2.45) is 0 Å². The van der Waals surface area contributed by atoms with E-state index in [2.05, 4.69) is 18.4 Å². The van der Waals surface area contributed by atoms with Crippen molar-refractivity contribution < 1.29 is 4.74 Å². The van der Waals surface area contributed by atoms with E-state index in [4.69, 9.17) is 16.3 Å². The molecule has 1 aliphatic heterocycles. The maximum absolute atomic E-state index is 5.71. The molecule has 82 valence electrons. The van der Waals surface area contributed by atoms with Crippen LogP contribution in [0.2, 0.25) is 0 Å². The van der Waals surface area contributed by atoms with Crippen molar-refractivity contribution in [3.8, 4) is 0 Å². The van der Waals surface area contributed by atoms with Gasteiger partial charge in [-0.15, -0.1) is 11.6 Å². The Labute approximate surface area is 91.9 Å². The first kappa shape index (κ1) is 12.0. The van der Waals surface area contributed by atoms with Gasteiger partial charge in [-0.2, -0.15) is 0 Å². The molecule has 1 aliphatic rings. The topological polar surface area (TPSA) is 12.5 Å². The Hall–Kier alpha value is -0.0500. The third-order valence-electron chi connectivity index (χ3n) is 2.57. The molecular formula is C11H20ClNO. The zero-order chi connectivity index (χ0) is 10.4. The van der Waals surface area contributed by atoms with Crippen LogP contribution in [0, 0.1) is 0 Å². The number of hydrogen-bond donors (Lipinski definition) is 0. The highest BCUT2D eigenvalue weighted by Gasteiger charge is 2.18. The average molecular weight is 218 g/mol. The zero-order valence-electron chi connectivity index (χ0n) is 8.97. The summed E-state index contributed by atoms with van der Waals surface area (Å²) in [6, 6.07) is 0. The zero-order valence-corrected chi connectivity index (χ0v) is 9.72. The van der Waals surface area contributed by atoms with Gasteiger partial charge in [-0.25, -0.2) is 0 Å². The fourth-order valence-electron chi connectivity index (χ4n) is 1.74. The SMILES string of the molecule is C=C(CCl)CN(CC)CC1CCCO1. The van der Waals surface area contributed by atoms with Crippen LogP contribution in [0.4, 0.5) is 0 Å². The monoisotopic (exact) mass is 217 g/mol. The van der Waals surface area contributed by atoms with Gasteiger partial charge >= 0.3 is 0 Å². The molecule has 14 heavy (non-hydrogen) atoms. The summed E-state index contributed by atoms with van der Waals surface area (Å²) < 4.78 is 5.60. The molecule has 0 saturated carbocycles. The van der Waals surface area contributed by atoms with E-state index in [-0.39, 0.29) is 0 Å². The molecule has 1 heterocycles. The van der Waals surface area contributed by atoms with Gasteiger partial charge in [-0.1, -0.05) is 13.5 Å². The van der Waals surface area contributed by atoms with Crippen molar-refractivity contribution in [2.45, 2.75) is 25.9 Å². The lowest BCUT2D eigenvalue weighted by atomic mass is 10.2. The van der Waals surface area contributed by atoms with E-state index in [1.54, 1.807) is 0 Å². The van der Waals surface area contributed by atoms with Gasteiger partial charge in [0.25, 0.3) is 0 Å². The van der Waals surface area contributed by atoms with E-state index in [1.165, 1.54) is 12.8 Å². The lowest BCUT2D eigenvalue weighted by Crippen LogP contribution is -2.33. The third-order valence-corrected chi connectivity index (χ3v) is 2.95.